The highest BCUT2D eigenvalue weighted by Crippen LogP contribution is 2.26. The Morgan fingerprint density at radius 1 is 1.15 bits per heavy atom. The average molecular weight is 359 g/mol. The summed E-state index contributed by atoms with van der Waals surface area (Å²) in [5, 5.41) is 19.9. The molecule has 0 atom stereocenters. The summed E-state index contributed by atoms with van der Waals surface area (Å²) in [5.41, 5.74) is 9.20. The van der Waals surface area contributed by atoms with Gasteiger partial charge >= 0.3 is 0 Å². The van der Waals surface area contributed by atoms with Crippen LogP contribution in [0.5, 0.6) is 5.75 Å². The molecule has 0 saturated carbocycles. The van der Waals surface area contributed by atoms with Crippen molar-refractivity contribution in [2.45, 2.75) is 6.61 Å². The first-order valence-corrected chi connectivity index (χ1v) is 7.96. The summed E-state index contributed by atoms with van der Waals surface area (Å²) in [6.45, 7) is 0.153. The highest BCUT2D eigenvalue weighted by atomic mass is 16.5. The molecule has 0 aliphatic heterocycles. The fourth-order valence-corrected chi connectivity index (χ4v) is 2.67. The van der Waals surface area contributed by atoms with E-state index in [0.717, 1.165) is 11.1 Å². The van der Waals surface area contributed by atoms with E-state index in [1.165, 1.54) is 6.07 Å². The molecule has 9 heteroatoms. The molecule has 27 heavy (non-hydrogen) atoms. The predicted octanol–water partition coefficient (Wildman–Crippen LogP) is 1.74. The molecule has 0 aliphatic carbocycles. The Morgan fingerprint density at radius 3 is 2.78 bits per heavy atom. The molecule has 0 aliphatic rings. The summed E-state index contributed by atoms with van der Waals surface area (Å²) >= 11 is 0. The number of rotatable bonds is 4. The van der Waals surface area contributed by atoms with E-state index in [1.54, 1.807) is 24.4 Å². The second kappa shape index (κ2) is 6.61. The molecule has 3 heterocycles. The highest BCUT2D eigenvalue weighted by molar-refractivity contribution is 5.78. The van der Waals surface area contributed by atoms with Gasteiger partial charge in [0.2, 0.25) is 11.2 Å². The van der Waals surface area contributed by atoms with Gasteiger partial charge in [-0.15, -0.1) is 5.10 Å². The number of hydrogen-bond donors (Lipinski definition) is 3. The number of aromatic amines is 2. The van der Waals surface area contributed by atoms with E-state index < -0.39 is 0 Å². The monoisotopic (exact) mass is 359 g/mol. The maximum atomic E-state index is 11.2. The van der Waals surface area contributed by atoms with E-state index in [4.69, 9.17) is 10.5 Å². The van der Waals surface area contributed by atoms with Gasteiger partial charge < -0.3 is 15.5 Å². The largest absolute Gasteiger partial charge is 0.486 e. The van der Waals surface area contributed by atoms with Crippen LogP contribution >= 0.6 is 0 Å². The quantitative estimate of drug-likeness (QED) is 0.503. The second-order valence-electron chi connectivity index (χ2n) is 5.76. The van der Waals surface area contributed by atoms with Gasteiger partial charge in [-0.1, -0.05) is 12.1 Å². The Kier molecular flexibility index (Phi) is 3.99. The van der Waals surface area contributed by atoms with E-state index in [9.17, 15) is 10.1 Å². The molecule has 1 aromatic carbocycles. The van der Waals surface area contributed by atoms with Crippen LogP contribution in [-0.4, -0.2) is 25.4 Å². The molecule has 0 unspecified atom stereocenters. The number of fused-ring (bicyclic) bond motifs is 1. The molecular weight excluding hydrogens is 346 g/mol. The molecule has 0 spiro atoms. The Morgan fingerprint density at radius 2 is 2.00 bits per heavy atom. The van der Waals surface area contributed by atoms with Crippen LogP contribution in [0, 0.1) is 11.3 Å². The molecule has 9 nitrogen and oxygen atoms in total. The van der Waals surface area contributed by atoms with Crippen molar-refractivity contribution < 1.29 is 4.74 Å². The Balaban J connectivity index is 1.62. The third kappa shape index (κ3) is 3.19. The minimum atomic E-state index is -0.180. The molecule has 3 aromatic heterocycles. The lowest BCUT2D eigenvalue weighted by Crippen LogP contribution is -2.02. The minimum absolute atomic E-state index is 0.153. The van der Waals surface area contributed by atoms with Crippen LogP contribution in [0.4, 0.5) is 5.82 Å². The van der Waals surface area contributed by atoms with Crippen molar-refractivity contribution in [2.75, 3.05) is 5.73 Å². The normalized spacial score (nSPS) is 10.6. The zero-order chi connectivity index (χ0) is 18.8. The molecule has 0 fully saturated rings. The van der Waals surface area contributed by atoms with Crippen molar-refractivity contribution in [1.82, 2.24) is 25.4 Å². The van der Waals surface area contributed by atoms with Crippen molar-refractivity contribution >= 4 is 17.0 Å². The standard InChI is InChI=1S/C18H13N7O2/c19-7-13-5-10(11-3-4-16(26)21-8-11)1-2-12(13)9-27-14-6-15(20)22-18-17(14)23-25-24-18/h1-6,8H,9H2,(H,21,26)(H3,20,22,23,24,25). The fraction of sp³-hybridized carbons (Fsp3) is 0.0556. The number of benzene rings is 1. The van der Waals surface area contributed by atoms with Crippen molar-refractivity contribution in [2.24, 2.45) is 0 Å². The Hall–Kier alpha value is -4.19. The lowest BCUT2D eigenvalue weighted by molar-refractivity contribution is 0.309. The Labute approximate surface area is 152 Å². The topological polar surface area (TPSA) is 146 Å². The summed E-state index contributed by atoms with van der Waals surface area (Å²) in [7, 11) is 0. The van der Waals surface area contributed by atoms with Gasteiger partial charge in [-0.05, 0) is 23.3 Å². The number of nitrogen functional groups attached to an aromatic ring is 1. The zero-order valence-electron chi connectivity index (χ0n) is 13.9. The number of nitrogens with one attached hydrogen (secondary N) is 2. The van der Waals surface area contributed by atoms with E-state index >= 15 is 0 Å². The van der Waals surface area contributed by atoms with Crippen molar-refractivity contribution in [3.63, 3.8) is 0 Å². The van der Waals surface area contributed by atoms with Crippen LogP contribution in [0.1, 0.15) is 11.1 Å². The zero-order valence-corrected chi connectivity index (χ0v) is 13.9. The molecular formula is C18H13N7O2. The lowest BCUT2D eigenvalue weighted by atomic mass is 10.0. The lowest BCUT2D eigenvalue weighted by Gasteiger charge is -2.10. The summed E-state index contributed by atoms with van der Waals surface area (Å²) in [6.07, 6.45) is 1.61. The van der Waals surface area contributed by atoms with Crippen molar-refractivity contribution in [1.29, 1.82) is 5.26 Å². The van der Waals surface area contributed by atoms with Gasteiger partial charge in [0.05, 0.1) is 11.6 Å². The summed E-state index contributed by atoms with van der Waals surface area (Å²) in [4.78, 5) is 17.9. The number of hydrogen-bond acceptors (Lipinski definition) is 7. The number of anilines is 1. The maximum absolute atomic E-state index is 11.2. The van der Waals surface area contributed by atoms with Crippen molar-refractivity contribution in [3.8, 4) is 22.9 Å². The summed E-state index contributed by atoms with van der Waals surface area (Å²) in [5.74, 6) is 0.695. The molecule has 4 aromatic rings. The van der Waals surface area contributed by atoms with Crippen LogP contribution in [0.15, 0.2) is 47.4 Å². The third-order valence-corrected chi connectivity index (χ3v) is 4.01. The van der Waals surface area contributed by atoms with Crippen molar-refractivity contribution in [3.05, 3.63) is 64.1 Å². The number of ether oxygens (including phenoxy) is 1. The number of pyridine rings is 2. The number of H-pyrrole nitrogens is 2. The SMILES string of the molecule is N#Cc1cc(-c2ccc(=O)[nH]c2)ccc1COc1cc(N)nc2n[nH]nc12. The minimum Gasteiger partial charge on any atom is -0.486 e. The van der Waals surface area contributed by atoms with Gasteiger partial charge in [0.15, 0.2) is 11.3 Å². The summed E-state index contributed by atoms with van der Waals surface area (Å²) < 4.78 is 5.81. The molecule has 0 amide bonds. The molecule has 0 bridgehead atoms. The van der Waals surface area contributed by atoms with Gasteiger partial charge in [-0.25, -0.2) is 4.98 Å². The van der Waals surface area contributed by atoms with Gasteiger partial charge in [0.25, 0.3) is 0 Å². The molecule has 4 N–H and O–H groups in total. The van der Waals surface area contributed by atoms with E-state index in [-0.39, 0.29) is 18.0 Å². The van der Waals surface area contributed by atoms with Crippen LogP contribution < -0.4 is 16.0 Å². The molecule has 132 valence electrons. The number of aromatic nitrogens is 5. The van der Waals surface area contributed by atoms with Crippen LogP contribution in [0.3, 0.4) is 0 Å². The highest BCUT2D eigenvalue weighted by Gasteiger charge is 2.12. The Bertz CT molecular complexity index is 1220. The smallest absolute Gasteiger partial charge is 0.247 e. The van der Waals surface area contributed by atoms with Gasteiger partial charge in [0.1, 0.15) is 12.4 Å². The van der Waals surface area contributed by atoms with E-state index in [0.29, 0.717) is 28.0 Å². The molecule has 0 radical (unpaired) electrons. The second-order valence-corrected chi connectivity index (χ2v) is 5.76. The molecule has 4 rings (SSSR count). The van der Waals surface area contributed by atoms with E-state index in [1.807, 2.05) is 12.1 Å². The van der Waals surface area contributed by atoms with E-state index in [2.05, 4.69) is 31.4 Å². The third-order valence-electron chi connectivity index (χ3n) is 4.01. The fourth-order valence-electron chi connectivity index (χ4n) is 2.67. The van der Waals surface area contributed by atoms with Crippen LogP contribution in [-0.2, 0) is 6.61 Å². The first-order valence-electron chi connectivity index (χ1n) is 7.96. The number of nitrogens with zero attached hydrogens (tertiary/aromatic N) is 4. The van der Waals surface area contributed by atoms with Crippen LogP contribution in [0.25, 0.3) is 22.3 Å². The first-order chi connectivity index (χ1) is 13.1. The number of nitriles is 1. The molecule has 0 saturated heterocycles. The predicted molar refractivity (Wildman–Crippen MR) is 97.6 cm³/mol. The first kappa shape index (κ1) is 16.3. The van der Waals surface area contributed by atoms with Crippen LogP contribution in [0.2, 0.25) is 0 Å². The van der Waals surface area contributed by atoms with Gasteiger partial charge in [-0.2, -0.15) is 15.6 Å². The number of nitrogens with two attached hydrogens (primary N) is 1. The summed E-state index contributed by atoms with van der Waals surface area (Å²) in [6, 6.07) is 12.3. The van der Waals surface area contributed by atoms with Gasteiger partial charge in [0, 0.05) is 23.9 Å². The van der Waals surface area contributed by atoms with Gasteiger partial charge in [-0.3, -0.25) is 4.79 Å². The average Bonchev–Trinajstić information content (AvgIpc) is 3.15. The maximum Gasteiger partial charge on any atom is 0.247 e.